The minimum absolute atomic E-state index is 0.0000840. The summed E-state index contributed by atoms with van der Waals surface area (Å²) in [6.45, 7) is -0.953. The van der Waals surface area contributed by atoms with E-state index in [0.29, 0.717) is 37.8 Å². The molecule has 0 unspecified atom stereocenters. The van der Waals surface area contributed by atoms with E-state index >= 15 is 0 Å². The second-order valence-electron chi connectivity index (χ2n) is 9.69. The highest BCUT2D eigenvalue weighted by Gasteiger charge is 2.30. The Hall–Kier alpha value is -2.41. The number of nitrogens with zero attached hydrogens (tertiary/aromatic N) is 2. The smallest absolute Gasteiger partial charge is 0.389 e. The Bertz CT molecular complexity index is 1260. The minimum Gasteiger partial charge on any atom is -0.434 e. The van der Waals surface area contributed by atoms with Crippen LogP contribution < -0.4 is 10.1 Å². The summed E-state index contributed by atoms with van der Waals surface area (Å²) in [4.78, 5) is 13.0. The Balaban J connectivity index is 1.79. The van der Waals surface area contributed by atoms with Crippen molar-refractivity contribution in [1.82, 2.24) is 15.1 Å². The first-order valence-corrected chi connectivity index (χ1v) is 14.9. The van der Waals surface area contributed by atoms with E-state index in [0.717, 1.165) is 0 Å². The van der Waals surface area contributed by atoms with E-state index in [9.17, 15) is 35.2 Å². The molecule has 0 radical (unpaired) electrons. The van der Waals surface area contributed by atoms with Crippen LogP contribution in [0.1, 0.15) is 61.5 Å². The number of hydrogen-bond donors (Lipinski definition) is 1. The molecule has 1 heterocycles. The van der Waals surface area contributed by atoms with Crippen LogP contribution in [0.25, 0.3) is 11.3 Å². The maximum Gasteiger partial charge on any atom is 0.389 e. The van der Waals surface area contributed by atoms with Crippen LogP contribution in [0.2, 0.25) is 5.02 Å². The summed E-state index contributed by atoms with van der Waals surface area (Å²) in [6.07, 6.45) is -2.00. The zero-order chi connectivity index (χ0) is 29.0. The molecule has 1 amide bonds. The van der Waals surface area contributed by atoms with Gasteiger partial charge < -0.3 is 10.1 Å². The van der Waals surface area contributed by atoms with Gasteiger partial charge in [-0.3, -0.25) is 9.48 Å². The van der Waals surface area contributed by atoms with Crippen molar-refractivity contribution in [1.29, 1.82) is 0 Å². The molecule has 1 N–H and O–H groups in total. The fourth-order valence-electron chi connectivity index (χ4n) is 4.76. The van der Waals surface area contributed by atoms with E-state index < -0.39 is 35.0 Å². The van der Waals surface area contributed by atoms with E-state index in [-0.39, 0.29) is 58.3 Å². The third-order valence-corrected chi connectivity index (χ3v) is 8.84. The lowest BCUT2D eigenvalue weighted by Crippen LogP contribution is -2.34. The van der Waals surface area contributed by atoms with Gasteiger partial charge in [0.1, 0.15) is 15.6 Å². The quantitative estimate of drug-likeness (QED) is 0.318. The van der Waals surface area contributed by atoms with Gasteiger partial charge in [0.25, 0.3) is 5.91 Å². The van der Waals surface area contributed by atoms with E-state index in [4.69, 9.17) is 11.6 Å². The average molecular weight is 600 g/mol. The Labute approximate surface area is 229 Å². The van der Waals surface area contributed by atoms with Crippen LogP contribution in [0.15, 0.2) is 18.2 Å². The summed E-state index contributed by atoms with van der Waals surface area (Å²) in [5.41, 5.74) is 0.541. The summed E-state index contributed by atoms with van der Waals surface area (Å²) < 4.78 is 93.5. The molecule has 39 heavy (non-hydrogen) atoms. The number of carbonyl (C=O) groups is 1. The molecule has 1 saturated carbocycles. The van der Waals surface area contributed by atoms with Gasteiger partial charge in [0.15, 0.2) is 5.69 Å². The summed E-state index contributed by atoms with van der Waals surface area (Å²) >= 11 is 6.53. The van der Waals surface area contributed by atoms with Crippen LogP contribution in [-0.2, 0) is 22.8 Å². The fourth-order valence-corrected chi connectivity index (χ4v) is 6.21. The van der Waals surface area contributed by atoms with Crippen LogP contribution >= 0.6 is 11.6 Å². The number of ether oxygens (including phenoxy) is 1. The number of halogens is 6. The van der Waals surface area contributed by atoms with Crippen molar-refractivity contribution in [2.75, 3.05) is 12.8 Å². The first-order valence-electron chi connectivity index (χ1n) is 12.6. The van der Waals surface area contributed by atoms with Gasteiger partial charge in [-0.2, -0.15) is 27.1 Å². The highest BCUT2D eigenvalue weighted by molar-refractivity contribution is 7.91. The lowest BCUT2D eigenvalue weighted by atomic mass is 9.89. The minimum atomic E-state index is -4.32. The molecule has 0 aliphatic heterocycles. The second kappa shape index (κ2) is 12.8. The molecule has 0 spiro atoms. The highest BCUT2D eigenvalue weighted by atomic mass is 35.5. The number of carbonyl (C=O) groups excluding carboxylic acids is 1. The molecule has 1 aliphatic carbocycles. The van der Waals surface area contributed by atoms with Gasteiger partial charge in [0.2, 0.25) is 0 Å². The number of rotatable bonds is 11. The summed E-state index contributed by atoms with van der Waals surface area (Å²) in [5.74, 6) is -0.770. The predicted octanol–water partition coefficient (Wildman–Crippen LogP) is 6.04. The molecule has 1 fully saturated rings. The average Bonchev–Trinajstić information content (AvgIpc) is 3.17. The van der Waals surface area contributed by atoms with Crippen molar-refractivity contribution < 1.29 is 39.9 Å². The molecule has 1 aromatic carbocycles. The van der Waals surface area contributed by atoms with Gasteiger partial charge in [-0.1, -0.05) is 17.7 Å². The molecule has 14 heteroatoms. The molecule has 3 rings (SSSR count). The number of amides is 1. The van der Waals surface area contributed by atoms with Crippen molar-refractivity contribution in [2.24, 2.45) is 5.92 Å². The second-order valence-corrected chi connectivity index (χ2v) is 12.4. The SMILES string of the molecule is CCn1nc(C(=O)NC[C@H]2CC[C@H](S(C)(=O)=O)CC2)c(Cl)c1-c1ccc(CCCC(F)(F)F)cc1OC(F)F. The number of aromatic nitrogens is 2. The number of nitrogens with one attached hydrogen (secondary N) is 1. The molecule has 1 aliphatic rings. The van der Waals surface area contributed by atoms with Gasteiger partial charge in [-0.15, -0.1) is 0 Å². The van der Waals surface area contributed by atoms with Gasteiger partial charge in [0, 0.05) is 31.3 Å². The predicted molar refractivity (Wildman–Crippen MR) is 137 cm³/mol. The zero-order valence-corrected chi connectivity index (χ0v) is 23.1. The maximum atomic E-state index is 13.2. The van der Waals surface area contributed by atoms with E-state index in [2.05, 4.69) is 15.2 Å². The Kier molecular flexibility index (Phi) is 10.2. The first-order chi connectivity index (χ1) is 18.2. The Morgan fingerprint density at radius 2 is 1.90 bits per heavy atom. The molecular weight excluding hydrogens is 569 g/mol. The van der Waals surface area contributed by atoms with Crippen LogP contribution in [0, 0.1) is 5.92 Å². The number of alkyl halides is 5. The molecule has 0 atom stereocenters. The fraction of sp³-hybridized carbons (Fsp3) is 0.600. The van der Waals surface area contributed by atoms with Crippen LogP contribution in [-0.4, -0.2) is 54.9 Å². The number of sulfone groups is 1. The Morgan fingerprint density at radius 3 is 2.46 bits per heavy atom. The maximum absolute atomic E-state index is 13.2. The molecule has 2 aromatic rings. The van der Waals surface area contributed by atoms with E-state index in [1.165, 1.54) is 29.1 Å². The Morgan fingerprint density at radius 1 is 1.23 bits per heavy atom. The molecule has 0 bridgehead atoms. The highest BCUT2D eigenvalue weighted by Crippen LogP contribution is 2.39. The van der Waals surface area contributed by atoms with Crippen molar-refractivity contribution in [3.8, 4) is 17.0 Å². The van der Waals surface area contributed by atoms with Crippen molar-refractivity contribution in [2.45, 2.75) is 76.5 Å². The standard InChI is InChI=1S/C25H31ClF5N3O4S/c1-3-34-22(18-11-8-15(5-4-12-25(29,30)31)13-19(18)38-24(27)28)20(26)21(33-34)23(35)32-14-16-6-9-17(10-7-16)39(2,36)37/h8,11,13,16-17,24H,3-7,9-10,12,14H2,1-2H3,(H,32,35)/t16-,17-. The zero-order valence-electron chi connectivity index (χ0n) is 21.5. The third-order valence-electron chi connectivity index (χ3n) is 6.80. The van der Waals surface area contributed by atoms with E-state index in [1.54, 1.807) is 6.92 Å². The monoisotopic (exact) mass is 599 g/mol. The summed E-state index contributed by atoms with van der Waals surface area (Å²) in [6, 6.07) is 4.16. The lowest BCUT2D eigenvalue weighted by Gasteiger charge is -2.27. The normalized spacial score (nSPS) is 18.4. The molecule has 7 nitrogen and oxygen atoms in total. The van der Waals surface area contributed by atoms with Gasteiger partial charge in [-0.05, 0) is 69.1 Å². The topological polar surface area (TPSA) is 90.3 Å². The van der Waals surface area contributed by atoms with Gasteiger partial charge in [-0.25, -0.2) is 8.42 Å². The third kappa shape index (κ3) is 8.54. The van der Waals surface area contributed by atoms with Crippen molar-refractivity contribution >= 4 is 27.3 Å². The molecule has 218 valence electrons. The van der Waals surface area contributed by atoms with Gasteiger partial charge >= 0.3 is 12.8 Å². The molecular formula is C25H31ClF5N3O4S. The van der Waals surface area contributed by atoms with E-state index in [1.807, 2.05) is 0 Å². The number of hydrogen-bond acceptors (Lipinski definition) is 5. The first kappa shape index (κ1) is 31.1. The van der Waals surface area contributed by atoms with Crippen molar-refractivity contribution in [3.63, 3.8) is 0 Å². The van der Waals surface area contributed by atoms with Crippen molar-refractivity contribution in [3.05, 3.63) is 34.5 Å². The summed E-state index contributed by atoms with van der Waals surface area (Å²) in [5, 5.41) is 6.58. The van der Waals surface area contributed by atoms with Gasteiger partial charge in [0.05, 0.1) is 16.0 Å². The lowest BCUT2D eigenvalue weighted by molar-refractivity contribution is -0.135. The largest absolute Gasteiger partial charge is 0.434 e. The molecule has 0 saturated heterocycles. The van der Waals surface area contributed by atoms with Crippen LogP contribution in [0.3, 0.4) is 0 Å². The van der Waals surface area contributed by atoms with Crippen LogP contribution in [0.5, 0.6) is 5.75 Å². The molecule has 1 aromatic heterocycles. The summed E-state index contributed by atoms with van der Waals surface area (Å²) in [7, 11) is -3.11. The van der Waals surface area contributed by atoms with Crippen LogP contribution in [0.4, 0.5) is 22.0 Å². The number of benzene rings is 1. The number of aryl methyl sites for hydroxylation is 2.